The summed E-state index contributed by atoms with van der Waals surface area (Å²) >= 11 is 0. The lowest BCUT2D eigenvalue weighted by Crippen LogP contribution is -2.31. The van der Waals surface area contributed by atoms with Crippen LogP contribution in [-0.4, -0.2) is 4.98 Å². The lowest BCUT2D eigenvalue weighted by Gasteiger charge is -2.37. The van der Waals surface area contributed by atoms with Crippen molar-refractivity contribution in [1.82, 2.24) is 4.98 Å². The summed E-state index contributed by atoms with van der Waals surface area (Å²) in [4.78, 5) is 4.61. The first-order chi connectivity index (χ1) is 25.1. The van der Waals surface area contributed by atoms with Crippen molar-refractivity contribution in [3.8, 4) is 0 Å². The number of allylic oxidation sites excluding steroid dienone is 9. The van der Waals surface area contributed by atoms with Crippen LogP contribution >= 0.6 is 0 Å². The maximum atomic E-state index is 4.61. The van der Waals surface area contributed by atoms with Gasteiger partial charge in [0.05, 0.1) is 5.41 Å². The SMILES string of the molecule is C=Cc1c(/C=C\C)c2ccccc2c2cc(C/C=C\C3=C(C)C4=C(CCC=C4)C3(c3ccccc3)c3cccnc3)ccc12.CC.CC.CCC. The molecule has 1 nitrogen and oxygen atoms in total. The predicted molar refractivity (Wildman–Crippen MR) is 227 cm³/mol. The third-order valence-corrected chi connectivity index (χ3v) is 9.48. The molecule has 0 bridgehead atoms. The molecule has 5 aromatic rings. The quantitative estimate of drug-likeness (QED) is 0.157. The fourth-order valence-corrected chi connectivity index (χ4v) is 7.64. The molecule has 0 spiro atoms. The van der Waals surface area contributed by atoms with Crippen molar-refractivity contribution in [2.75, 3.05) is 0 Å². The lowest BCUT2D eigenvalue weighted by molar-refractivity contribution is 0.683. The van der Waals surface area contributed by atoms with E-state index < -0.39 is 0 Å². The average Bonchev–Trinajstić information content (AvgIpc) is 3.45. The highest BCUT2D eigenvalue weighted by molar-refractivity contribution is 6.14. The van der Waals surface area contributed by atoms with E-state index in [1.54, 1.807) is 0 Å². The number of nitrogens with zero attached hydrogens (tertiary/aromatic N) is 1. The Hall–Kier alpha value is -5.01. The van der Waals surface area contributed by atoms with Crippen molar-refractivity contribution in [3.63, 3.8) is 0 Å². The number of hydrogen-bond donors (Lipinski definition) is 0. The molecule has 1 heterocycles. The van der Waals surface area contributed by atoms with Crippen LogP contribution < -0.4 is 0 Å². The molecule has 0 saturated heterocycles. The normalized spacial score (nSPS) is 16.4. The van der Waals surface area contributed by atoms with Crippen molar-refractivity contribution in [2.45, 2.75) is 86.5 Å². The molecule has 4 aromatic carbocycles. The maximum Gasteiger partial charge on any atom is 0.0688 e. The zero-order valence-electron chi connectivity index (χ0n) is 32.3. The first-order valence-corrected chi connectivity index (χ1v) is 19.1. The van der Waals surface area contributed by atoms with Crippen LogP contribution in [0.15, 0.2) is 157 Å². The second kappa shape index (κ2) is 18.8. The van der Waals surface area contributed by atoms with E-state index in [2.05, 4.69) is 167 Å². The first-order valence-electron chi connectivity index (χ1n) is 19.1. The van der Waals surface area contributed by atoms with Crippen LogP contribution in [0.2, 0.25) is 0 Å². The second-order valence-electron chi connectivity index (χ2n) is 12.5. The summed E-state index contributed by atoms with van der Waals surface area (Å²) in [7, 11) is 0. The van der Waals surface area contributed by atoms with E-state index in [-0.39, 0.29) is 5.41 Å². The molecule has 0 N–H and O–H groups in total. The largest absolute Gasteiger partial charge is 0.264 e. The zero-order chi connectivity index (χ0) is 36.8. The summed E-state index contributed by atoms with van der Waals surface area (Å²) in [5.41, 5.74) is 11.5. The van der Waals surface area contributed by atoms with Gasteiger partial charge in [0.1, 0.15) is 0 Å². The van der Waals surface area contributed by atoms with Crippen LogP contribution in [0.5, 0.6) is 0 Å². The maximum absolute atomic E-state index is 4.61. The molecule has 0 fully saturated rings. The van der Waals surface area contributed by atoms with Crippen molar-refractivity contribution in [3.05, 3.63) is 184 Å². The molecule has 0 saturated carbocycles. The van der Waals surface area contributed by atoms with Crippen LogP contribution in [-0.2, 0) is 11.8 Å². The summed E-state index contributed by atoms with van der Waals surface area (Å²) in [6, 6.07) is 31.0. The van der Waals surface area contributed by atoms with Crippen LogP contribution in [0.1, 0.15) is 102 Å². The third kappa shape index (κ3) is 7.54. The summed E-state index contributed by atoms with van der Waals surface area (Å²) in [6.45, 7) is 20.8. The molecule has 51 heavy (non-hydrogen) atoms. The van der Waals surface area contributed by atoms with Gasteiger partial charge in [-0.25, -0.2) is 0 Å². The van der Waals surface area contributed by atoms with E-state index in [9.17, 15) is 0 Å². The number of benzene rings is 4. The Morgan fingerprint density at radius 3 is 2.10 bits per heavy atom. The number of aromatic nitrogens is 1. The summed E-state index contributed by atoms with van der Waals surface area (Å²) in [6.07, 6.45) is 23.9. The minimum atomic E-state index is -0.349. The highest BCUT2D eigenvalue weighted by Crippen LogP contribution is 2.56. The van der Waals surface area contributed by atoms with Crippen molar-refractivity contribution in [2.24, 2.45) is 0 Å². The molecule has 0 radical (unpaired) electrons. The van der Waals surface area contributed by atoms with E-state index >= 15 is 0 Å². The van der Waals surface area contributed by atoms with Crippen LogP contribution in [0, 0.1) is 0 Å². The zero-order valence-corrected chi connectivity index (χ0v) is 32.3. The van der Waals surface area contributed by atoms with Gasteiger partial charge in [-0.15, -0.1) is 0 Å². The fourth-order valence-electron chi connectivity index (χ4n) is 7.64. The van der Waals surface area contributed by atoms with Gasteiger partial charge in [-0.3, -0.25) is 4.98 Å². The molecular formula is C50H57N. The first kappa shape index (κ1) is 38.8. The van der Waals surface area contributed by atoms with E-state index in [1.165, 1.54) is 78.1 Å². The molecule has 0 aliphatic heterocycles. The van der Waals surface area contributed by atoms with Crippen LogP contribution in [0.3, 0.4) is 0 Å². The number of pyridine rings is 1. The molecule has 262 valence electrons. The molecule has 1 atom stereocenters. The molecule has 2 aliphatic rings. The van der Waals surface area contributed by atoms with Gasteiger partial charge < -0.3 is 0 Å². The van der Waals surface area contributed by atoms with Gasteiger partial charge in [0.15, 0.2) is 0 Å². The van der Waals surface area contributed by atoms with Gasteiger partial charge >= 0.3 is 0 Å². The topological polar surface area (TPSA) is 12.9 Å². The fraction of sp³-hybridized carbons (Fsp3) is 0.260. The summed E-state index contributed by atoms with van der Waals surface area (Å²) in [5, 5.41) is 5.07. The van der Waals surface area contributed by atoms with Gasteiger partial charge in [0, 0.05) is 12.4 Å². The van der Waals surface area contributed by atoms with Gasteiger partial charge in [0.25, 0.3) is 0 Å². The summed E-state index contributed by atoms with van der Waals surface area (Å²) < 4.78 is 0. The third-order valence-electron chi connectivity index (χ3n) is 9.48. The Morgan fingerprint density at radius 1 is 0.765 bits per heavy atom. The van der Waals surface area contributed by atoms with E-state index in [0.717, 1.165) is 19.3 Å². The Bertz CT molecular complexity index is 2030. The van der Waals surface area contributed by atoms with Gasteiger partial charge in [-0.2, -0.15) is 0 Å². The van der Waals surface area contributed by atoms with Gasteiger partial charge in [0.2, 0.25) is 0 Å². The number of hydrogen-bond acceptors (Lipinski definition) is 1. The Balaban J connectivity index is 0.000000780. The van der Waals surface area contributed by atoms with Crippen LogP contribution in [0.25, 0.3) is 33.7 Å². The Kier molecular flexibility index (Phi) is 14.3. The van der Waals surface area contributed by atoms with E-state index in [1.807, 2.05) is 40.0 Å². The molecular weight excluding hydrogens is 615 g/mol. The van der Waals surface area contributed by atoms with E-state index in [4.69, 9.17) is 0 Å². The predicted octanol–water partition coefficient (Wildman–Crippen LogP) is 14.6. The highest BCUT2D eigenvalue weighted by Gasteiger charge is 2.47. The number of fused-ring (bicyclic) bond motifs is 3. The molecule has 1 unspecified atom stereocenters. The minimum Gasteiger partial charge on any atom is -0.264 e. The van der Waals surface area contributed by atoms with Gasteiger partial charge in [-0.1, -0.05) is 176 Å². The van der Waals surface area contributed by atoms with Crippen molar-refractivity contribution in [1.29, 1.82) is 0 Å². The average molecular weight is 672 g/mol. The second-order valence-corrected chi connectivity index (χ2v) is 12.5. The number of rotatable bonds is 7. The standard InChI is InChI=1S/C43H37N.C3H8.2C2H6/c1-4-15-36-34(5-2)39-26-25-31(28-40(39)38-22-10-9-21-37(36)38)16-13-24-41-30(3)35-20-11-12-23-42(35)43(41,32-17-7-6-8-18-32)33-19-14-27-44-29-33;1-3-2;2*1-2/h4-11,13-15,17-22,24-29H,2,12,16,23H2,1,3H3;3H2,1-2H3;2*1-2H3/b15-4-,24-13-;;;. The monoisotopic (exact) mass is 671 g/mol. The van der Waals surface area contributed by atoms with Gasteiger partial charge in [-0.05, 0) is 111 Å². The highest BCUT2D eigenvalue weighted by atomic mass is 14.6. The van der Waals surface area contributed by atoms with Crippen LogP contribution in [0.4, 0.5) is 0 Å². The summed E-state index contributed by atoms with van der Waals surface area (Å²) in [5.74, 6) is 0. The Labute approximate surface area is 308 Å². The van der Waals surface area contributed by atoms with E-state index in [0.29, 0.717) is 0 Å². The molecule has 0 amide bonds. The Morgan fingerprint density at radius 2 is 1.43 bits per heavy atom. The van der Waals surface area contributed by atoms with Crippen molar-refractivity contribution < 1.29 is 0 Å². The smallest absolute Gasteiger partial charge is 0.0688 e. The lowest BCUT2D eigenvalue weighted by atomic mass is 9.65. The van der Waals surface area contributed by atoms with Crippen molar-refractivity contribution >= 4 is 33.7 Å². The molecule has 2 aliphatic carbocycles. The minimum absolute atomic E-state index is 0.349. The molecule has 7 rings (SSSR count). The molecule has 1 aromatic heterocycles. The molecule has 1 heteroatoms.